The minimum absolute atomic E-state index is 0.0481. The smallest absolute Gasteiger partial charge is 0.245 e. The Labute approximate surface area is 123 Å². The molecule has 1 amide bonds. The first kappa shape index (κ1) is 16.7. The number of nitrogens with two attached hydrogens (primary N) is 1. The Morgan fingerprint density at radius 1 is 1.40 bits per heavy atom. The molecule has 0 radical (unpaired) electrons. The van der Waals surface area contributed by atoms with Gasteiger partial charge in [-0.1, -0.05) is 18.5 Å². The average molecular weight is 320 g/mol. The molecule has 0 saturated carbocycles. The van der Waals surface area contributed by atoms with E-state index in [0.717, 1.165) is 4.31 Å². The summed E-state index contributed by atoms with van der Waals surface area (Å²) in [5.41, 5.74) is 5.76. The number of carbonyl (C=O) groups is 1. The van der Waals surface area contributed by atoms with Crippen LogP contribution >= 0.6 is 11.6 Å². The van der Waals surface area contributed by atoms with Crippen molar-refractivity contribution in [3.05, 3.63) is 23.2 Å². The second-order valence-corrected chi connectivity index (χ2v) is 6.41. The fraction of sp³-hybridized carbons (Fsp3) is 0.417. The van der Waals surface area contributed by atoms with Gasteiger partial charge in [0, 0.05) is 18.1 Å². The van der Waals surface area contributed by atoms with Crippen LogP contribution in [-0.4, -0.2) is 38.3 Å². The van der Waals surface area contributed by atoms with Gasteiger partial charge >= 0.3 is 0 Å². The molecule has 112 valence electrons. The Balaban J connectivity index is 3.09. The molecule has 0 aliphatic rings. The van der Waals surface area contributed by atoms with Gasteiger partial charge in [-0.2, -0.15) is 4.31 Å². The molecule has 0 aromatic heterocycles. The normalized spacial score (nSPS) is 11.6. The lowest BCUT2D eigenvalue weighted by Gasteiger charge is -2.20. The van der Waals surface area contributed by atoms with Crippen molar-refractivity contribution in [2.45, 2.75) is 18.7 Å². The number of carbonyl (C=O) groups excluding carboxylic acids is 1. The lowest BCUT2D eigenvalue weighted by molar-refractivity contribution is -0.121. The summed E-state index contributed by atoms with van der Waals surface area (Å²) in [5.74, 6) is -0.356. The summed E-state index contributed by atoms with van der Waals surface area (Å²) in [7, 11) is -3.82. The Kier molecular flexibility index (Phi) is 5.79. The number of benzene rings is 1. The van der Waals surface area contributed by atoms with Crippen LogP contribution in [0.1, 0.15) is 13.8 Å². The SMILES string of the molecule is CCNC(=O)CN(CC)S(=O)(=O)c1ccc(Cl)cc1N. The summed E-state index contributed by atoms with van der Waals surface area (Å²) >= 11 is 5.75. The Hall–Kier alpha value is -1.31. The van der Waals surface area contributed by atoms with Gasteiger partial charge < -0.3 is 11.1 Å². The van der Waals surface area contributed by atoms with E-state index in [0.29, 0.717) is 11.6 Å². The summed E-state index contributed by atoms with van der Waals surface area (Å²) < 4.78 is 26.0. The van der Waals surface area contributed by atoms with E-state index in [9.17, 15) is 13.2 Å². The van der Waals surface area contributed by atoms with Crippen LogP contribution in [0.3, 0.4) is 0 Å². The molecule has 1 aromatic rings. The summed E-state index contributed by atoms with van der Waals surface area (Å²) in [4.78, 5) is 11.5. The van der Waals surface area contributed by atoms with Crippen molar-refractivity contribution >= 4 is 33.2 Å². The van der Waals surface area contributed by atoms with E-state index in [1.165, 1.54) is 18.2 Å². The van der Waals surface area contributed by atoms with E-state index in [1.807, 2.05) is 0 Å². The van der Waals surface area contributed by atoms with Crippen LogP contribution in [0, 0.1) is 0 Å². The maximum atomic E-state index is 12.5. The van der Waals surface area contributed by atoms with Crippen LogP contribution in [-0.2, 0) is 14.8 Å². The van der Waals surface area contributed by atoms with Crippen LogP contribution in [0.25, 0.3) is 0 Å². The number of amides is 1. The minimum Gasteiger partial charge on any atom is -0.398 e. The number of anilines is 1. The van der Waals surface area contributed by atoms with Crippen LogP contribution < -0.4 is 11.1 Å². The molecule has 0 saturated heterocycles. The zero-order chi connectivity index (χ0) is 15.3. The van der Waals surface area contributed by atoms with Gasteiger partial charge in [-0.15, -0.1) is 0 Å². The molecule has 0 atom stereocenters. The average Bonchev–Trinajstić information content (AvgIpc) is 2.35. The zero-order valence-electron chi connectivity index (χ0n) is 11.4. The molecule has 0 aliphatic heterocycles. The second kappa shape index (κ2) is 6.92. The largest absolute Gasteiger partial charge is 0.398 e. The van der Waals surface area contributed by atoms with Crippen LogP contribution in [0.15, 0.2) is 23.1 Å². The van der Waals surface area contributed by atoms with Gasteiger partial charge in [0.1, 0.15) is 4.90 Å². The van der Waals surface area contributed by atoms with Gasteiger partial charge in [0.15, 0.2) is 0 Å². The second-order valence-electron chi connectivity index (χ2n) is 4.07. The number of halogens is 1. The quantitative estimate of drug-likeness (QED) is 0.767. The summed E-state index contributed by atoms with van der Waals surface area (Å²) in [5, 5.41) is 2.92. The van der Waals surface area contributed by atoms with Crippen molar-refractivity contribution in [3.8, 4) is 0 Å². The molecule has 6 nitrogen and oxygen atoms in total. The number of hydrogen-bond acceptors (Lipinski definition) is 4. The lowest BCUT2D eigenvalue weighted by atomic mass is 10.3. The summed E-state index contributed by atoms with van der Waals surface area (Å²) in [6.45, 7) is 3.79. The van der Waals surface area contributed by atoms with Crippen molar-refractivity contribution in [3.63, 3.8) is 0 Å². The van der Waals surface area contributed by atoms with Gasteiger partial charge in [-0.05, 0) is 25.1 Å². The van der Waals surface area contributed by atoms with E-state index >= 15 is 0 Å². The van der Waals surface area contributed by atoms with Crippen molar-refractivity contribution in [2.75, 3.05) is 25.4 Å². The monoisotopic (exact) mass is 319 g/mol. The van der Waals surface area contributed by atoms with E-state index in [1.54, 1.807) is 13.8 Å². The van der Waals surface area contributed by atoms with Crippen molar-refractivity contribution < 1.29 is 13.2 Å². The number of hydrogen-bond donors (Lipinski definition) is 2. The third-order valence-electron chi connectivity index (χ3n) is 2.64. The first-order chi connectivity index (χ1) is 9.32. The van der Waals surface area contributed by atoms with Gasteiger partial charge in [0.2, 0.25) is 15.9 Å². The fourth-order valence-electron chi connectivity index (χ4n) is 1.67. The molecule has 8 heteroatoms. The van der Waals surface area contributed by atoms with Crippen LogP contribution in [0.4, 0.5) is 5.69 Å². The molecule has 1 rings (SSSR count). The summed E-state index contributed by atoms with van der Waals surface area (Å²) in [6, 6.07) is 4.16. The predicted octanol–water partition coefficient (Wildman–Crippen LogP) is 1.07. The molecule has 0 aliphatic carbocycles. The standard InChI is InChI=1S/C12H18ClN3O3S/c1-3-15-12(17)8-16(4-2)20(18,19)11-6-5-9(13)7-10(11)14/h5-7H,3-4,8,14H2,1-2H3,(H,15,17). The number of rotatable bonds is 6. The molecular weight excluding hydrogens is 302 g/mol. The molecule has 0 bridgehead atoms. The lowest BCUT2D eigenvalue weighted by Crippen LogP contribution is -2.40. The first-order valence-electron chi connectivity index (χ1n) is 6.14. The van der Waals surface area contributed by atoms with E-state index in [-0.39, 0.29) is 29.6 Å². The topological polar surface area (TPSA) is 92.5 Å². The molecule has 0 unspecified atom stereocenters. The van der Waals surface area contributed by atoms with Crippen molar-refractivity contribution in [1.29, 1.82) is 0 Å². The van der Waals surface area contributed by atoms with E-state index in [4.69, 9.17) is 17.3 Å². The molecule has 20 heavy (non-hydrogen) atoms. The third kappa shape index (κ3) is 3.84. The van der Waals surface area contributed by atoms with Crippen molar-refractivity contribution in [2.24, 2.45) is 0 Å². The maximum absolute atomic E-state index is 12.5. The highest BCUT2D eigenvalue weighted by Gasteiger charge is 2.27. The van der Waals surface area contributed by atoms with Crippen LogP contribution in [0.2, 0.25) is 5.02 Å². The van der Waals surface area contributed by atoms with Crippen LogP contribution in [0.5, 0.6) is 0 Å². The first-order valence-corrected chi connectivity index (χ1v) is 7.96. The number of likely N-dealkylation sites (N-methyl/N-ethyl adjacent to an activating group) is 2. The molecule has 0 heterocycles. The highest BCUT2D eigenvalue weighted by molar-refractivity contribution is 7.89. The van der Waals surface area contributed by atoms with Gasteiger partial charge in [0.25, 0.3) is 0 Å². The third-order valence-corrected chi connectivity index (χ3v) is 4.87. The molecule has 0 spiro atoms. The van der Waals surface area contributed by atoms with E-state index < -0.39 is 10.0 Å². The molecule has 3 N–H and O–H groups in total. The Morgan fingerprint density at radius 3 is 2.55 bits per heavy atom. The predicted molar refractivity (Wildman–Crippen MR) is 79.0 cm³/mol. The van der Waals surface area contributed by atoms with E-state index in [2.05, 4.69) is 5.32 Å². The summed E-state index contributed by atoms with van der Waals surface area (Å²) in [6.07, 6.45) is 0. The molecule has 1 aromatic carbocycles. The molecular formula is C12H18ClN3O3S. The minimum atomic E-state index is -3.82. The number of nitrogens with one attached hydrogen (secondary N) is 1. The van der Waals surface area contributed by atoms with Crippen molar-refractivity contribution in [1.82, 2.24) is 9.62 Å². The van der Waals surface area contributed by atoms with Gasteiger partial charge in [-0.3, -0.25) is 4.79 Å². The van der Waals surface area contributed by atoms with Gasteiger partial charge in [0.05, 0.1) is 12.2 Å². The van der Waals surface area contributed by atoms with Gasteiger partial charge in [-0.25, -0.2) is 8.42 Å². The Morgan fingerprint density at radius 2 is 2.05 bits per heavy atom. The Bertz CT molecular complexity index is 590. The number of nitrogens with zero attached hydrogens (tertiary/aromatic N) is 1. The highest BCUT2D eigenvalue weighted by Crippen LogP contribution is 2.25. The zero-order valence-corrected chi connectivity index (χ0v) is 13.0. The maximum Gasteiger partial charge on any atom is 0.245 e. The highest BCUT2D eigenvalue weighted by atomic mass is 35.5. The fourth-order valence-corrected chi connectivity index (χ4v) is 3.36. The molecule has 0 fully saturated rings. The number of sulfonamides is 1. The number of nitrogen functional groups attached to an aromatic ring is 1.